The molecule has 0 saturated heterocycles. The molecular weight excluding hydrogens is 368 g/mol. The maximum Gasteiger partial charge on any atom is 0.227 e. The van der Waals surface area contributed by atoms with E-state index in [0.29, 0.717) is 5.13 Å². The third-order valence-corrected chi connectivity index (χ3v) is 6.47. The van der Waals surface area contributed by atoms with Crippen molar-refractivity contribution in [3.8, 4) is 0 Å². The normalized spacial score (nSPS) is 11.5. The van der Waals surface area contributed by atoms with Gasteiger partial charge in [-0.25, -0.2) is 13.4 Å². The van der Waals surface area contributed by atoms with Crippen LogP contribution in [0.4, 0.5) is 5.13 Å². The molecule has 1 aromatic heterocycles. The van der Waals surface area contributed by atoms with Crippen molar-refractivity contribution < 1.29 is 13.2 Å². The second-order valence-corrected chi connectivity index (χ2v) is 8.55. The smallest absolute Gasteiger partial charge is 0.227 e. The molecule has 2 aromatic carbocycles. The first-order chi connectivity index (χ1) is 11.5. The van der Waals surface area contributed by atoms with Gasteiger partial charge in [0.15, 0.2) is 15.0 Å². The van der Waals surface area contributed by atoms with E-state index in [1.165, 1.54) is 23.5 Å². The lowest BCUT2D eigenvalue weighted by molar-refractivity contribution is -0.115. The van der Waals surface area contributed by atoms with E-state index in [1.54, 1.807) is 12.1 Å². The summed E-state index contributed by atoms with van der Waals surface area (Å²) in [5, 5.41) is 3.25. The topological polar surface area (TPSA) is 76.1 Å². The first-order valence-corrected chi connectivity index (χ1v) is 9.93. The highest BCUT2D eigenvalue weighted by molar-refractivity contribution is 7.91. The Labute approximate surface area is 148 Å². The molecule has 1 N–H and O–H groups in total. The highest BCUT2D eigenvalue weighted by atomic mass is 35.5. The van der Waals surface area contributed by atoms with E-state index in [-0.39, 0.29) is 22.1 Å². The van der Waals surface area contributed by atoms with E-state index < -0.39 is 15.7 Å². The summed E-state index contributed by atoms with van der Waals surface area (Å²) in [6, 6.07) is 13.7. The fourth-order valence-corrected chi connectivity index (χ4v) is 4.84. The van der Waals surface area contributed by atoms with Gasteiger partial charge < -0.3 is 5.32 Å². The second-order valence-electron chi connectivity index (χ2n) is 5.03. The van der Waals surface area contributed by atoms with Crippen LogP contribution in [0.2, 0.25) is 5.02 Å². The summed E-state index contributed by atoms with van der Waals surface area (Å²) in [4.78, 5) is 16.3. The predicted octanol–water partition coefficient (Wildman–Crippen LogP) is 3.75. The van der Waals surface area contributed by atoms with Crippen molar-refractivity contribution in [3.63, 3.8) is 0 Å². The maximum atomic E-state index is 12.3. The Morgan fingerprint density at radius 3 is 2.58 bits per heavy atom. The van der Waals surface area contributed by atoms with Crippen molar-refractivity contribution in [2.45, 2.75) is 11.3 Å². The Balaban J connectivity index is 1.66. The third-order valence-electron chi connectivity index (χ3n) is 3.31. The molecule has 124 valence electrons. The van der Waals surface area contributed by atoms with Gasteiger partial charge in [-0.1, -0.05) is 47.2 Å². The van der Waals surface area contributed by atoms with Crippen LogP contribution >= 0.6 is 22.9 Å². The summed E-state index contributed by atoms with van der Waals surface area (Å²) < 4.78 is 25.5. The zero-order valence-electron chi connectivity index (χ0n) is 12.4. The van der Waals surface area contributed by atoms with Crippen LogP contribution < -0.4 is 5.32 Å². The molecule has 0 aliphatic heterocycles. The van der Waals surface area contributed by atoms with Crippen molar-refractivity contribution >= 4 is 54.0 Å². The van der Waals surface area contributed by atoms with E-state index >= 15 is 0 Å². The Hall–Kier alpha value is -1.96. The van der Waals surface area contributed by atoms with Gasteiger partial charge >= 0.3 is 0 Å². The van der Waals surface area contributed by atoms with Crippen LogP contribution in [0.15, 0.2) is 53.4 Å². The Morgan fingerprint density at radius 2 is 1.83 bits per heavy atom. The van der Waals surface area contributed by atoms with Crippen LogP contribution in [0.3, 0.4) is 0 Å². The van der Waals surface area contributed by atoms with Crippen molar-refractivity contribution in [1.82, 2.24) is 4.98 Å². The SMILES string of the molecule is O=C(CCS(=O)(=O)c1ccccc1Cl)Nc1nc2ccccc2s1. The van der Waals surface area contributed by atoms with Gasteiger partial charge in [0.05, 0.1) is 25.9 Å². The maximum absolute atomic E-state index is 12.3. The van der Waals surface area contributed by atoms with Gasteiger partial charge in [-0.05, 0) is 24.3 Å². The van der Waals surface area contributed by atoms with Gasteiger partial charge in [-0.3, -0.25) is 4.79 Å². The van der Waals surface area contributed by atoms with E-state index in [9.17, 15) is 13.2 Å². The minimum absolute atomic E-state index is 0.0412. The molecule has 3 aromatic rings. The van der Waals surface area contributed by atoms with Crippen LogP contribution in [0.25, 0.3) is 10.2 Å². The van der Waals surface area contributed by atoms with E-state index in [4.69, 9.17) is 11.6 Å². The second kappa shape index (κ2) is 6.88. The molecular formula is C16H13ClN2O3S2. The van der Waals surface area contributed by atoms with Gasteiger partial charge in [-0.15, -0.1) is 0 Å². The number of fused-ring (bicyclic) bond motifs is 1. The summed E-state index contributed by atoms with van der Waals surface area (Å²) in [5.41, 5.74) is 0.793. The number of nitrogens with zero attached hydrogens (tertiary/aromatic N) is 1. The molecule has 5 nitrogen and oxygen atoms in total. The van der Waals surface area contributed by atoms with Crippen LogP contribution in [-0.4, -0.2) is 25.1 Å². The number of hydrogen-bond donors (Lipinski definition) is 1. The van der Waals surface area contributed by atoms with Crippen molar-refractivity contribution in [1.29, 1.82) is 0 Å². The fraction of sp³-hybridized carbons (Fsp3) is 0.125. The summed E-state index contributed by atoms with van der Waals surface area (Å²) in [5.74, 6) is -0.710. The number of aromatic nitrogens is 1. The third kappa shape index (κ3) is 3.75. The van der Waals surface area contributed by atoms with Crippen molar-refractivity contribution in [2.24, 2.45) is 0 Å². The quantitative estimate of drug-likeness (QED) is 0.731. The van der Waals surface area contributed by atoms with E-state index in [2.05, 4.69) is 10.3 Å². The Kier molecular flexibility index (Phi) is 4.84. The number of amides is 1. The van der Waals surface area contributed by atoms with Crippen molar-refractivity contribution in [3.05, 3.63) is 53.6 Å². The summed E-state index contributed by atoms with van der Waals surface area (Å²) >= 11 is 7.26. The minimum atomic E-state index is -3.61. The number of thiazole rings is 1. The number of halogens is 1. The molecule has 24 heavy (non-hydrogen) atoms. The Bertz CT molecular complexity index is 966. The molecule has 3 rings (SSSR count). The number of carbonyl (C=O) groups excluding carboxylic acids is 1. The first-order valence-electron chi connectivity index (χ1n) is 7.08. The molecule has 0 fully saturated rings. The summed E-state index contributed by atoms with van der Waals surface area (Å²) in [7, 11) is -3.61. The number of sulfone groups is 1. The summed E-state index contributed by atoms with van der Waals surface area (Å²) in [6.45, 7) is 0. The van der Waals surface area contributed by atoms with Crippen LogP contribution in [0.1, 0.15) is 6.42 Å². The molecule has 0 bridgehead atoms. The van der Waals surface area contributed by atoms with Crippen LogP contribution in [-0.2, 0) is 14.6 Å². The molecule has 0 aliphatic rings. The fourth-order valence-electron chi connectivity index (χ4n) is 2.14. The van der Waals surface area contributed by atoms with Crippen LogP contribution in [0, 0.1) is 0 Å². The number of nitrogens with one attached hydrogen (secondary N) is 1. The number of benzene rings is 2. The molecule has 1 amide bonds. The number of hydrogen-bond acceptors (Lipinski definition) is 5. The highest BCUT2D eigenvalue weighted by Crippen LogP contribution is 2.26. The average molecular weight is 381 g/mol. The van der Waals surface area contributed by atoms with Crippen molar-refractivity contribution in [2.75, 3.05) is 11.1 Å². The predicted molar refractivity (Wildman–Crippen MR) is 96.4 cm³/mol. The number of rotatable bonds is 5. The standard InChI is InChI=1S/C16H13ClN2O3S2/c17-11-5-1-4-8-14(11)24(21,22)10-9-15(20)19-16-18-12-6-2-3-7-13(12)23-16/h1-8H,9-10H2,(H,18,19,20). The molecule has 0 saturated carbocycles. The lowest BCUT2D eigenvalue weighted by Crippen LogP contribution is -2.17. The van der Waals surface area contributed by atoms with E-state index in [1.807, 2.05) is 24.3 Å². The van der Waals surface area contributed by atoms with Gasteiger partial charge in [0.25, 0.3) is 0 Å². The molecule has 0 atom stereocenters. The van der Waals surface area contributed by atoms with Gasteiger partial charge in [0, 0.05) is 6.42 Å². The number of para-hydroxylation sites is 1. The first kappa shape index (κ1) is 16.9. The lowest BCUT2D eigenvalue weighted by Gasteiger charge is -2.06. The largest absolute Gasteiger partial charge is 0.302 e. The van der Waals surface area contributed by atoms with Crippen LogP contribution in [0.5, 0.6) is 0 Å². The summed E-state index contributed by atoms with van der Waals surface area (Å²) in [6.07, 6.45) is -0.163. The Morgan fingerprint density at radius 1 is 1.12 bits per heavy atom. The molecule has 0 spiro atoms. The van der Waals surface area contributed by atoms with Gasteiger partial charge in [-0.2, -0.15) is 0 Å². The van der Waals surface area contributed by atoms with E-state index in [0.717, 1.165) is 10.2 Å². The molecule has 0 aliphatic carbocycles. The average Bonchev–Trinajstić information content (AvgIpc) is 2.95. The molecule has 0 unspecified atom stereocenters. The number of carbonyl (C=O) groups is 1. The molecule has 8 heteroatoms. The van der Waals surface area contributed by atoms with Gasteiger partial charge in [0.2, 0.25) is 5.91 Å². The highest BCUT2D eigenvalue weighted by Gasteiger charge is 2.19. The zero-order valence-corrected chi connectivity index (χ0v) is 14.8. The minimum Gasteiger partial charge on any atom is -0.302 e. The lowest BCUT2D eigenvalue weighted by atomic mass is 10.3. The molecule has 1 heterocycles. The molecule has 0 radical (unpaired) electrons. The van der Waals surface area contributed by atoms with Gasteiger partial charge in [0.1, 0.15) is 0 Å². The number of anilines is 1. The zero-order chi connectivity index (χ0) is 17.2. The monoisotopic (exact) mass is 380 g/mol.